The van der Waals surface area contributed by atoms with E-state index in [1.807, 2.05) is 27.7 Å². The SMILES string of the molecule is C=C1C[C@H](O)[C@](C)(C(=O)C(C)(C)C)C1. The third kappa shape index (κ3) is 1.76. The van der Waals surface area contributed by atoms with Crippen LogP contribution in [0.1, 0.15) is 40.5 Å². The lowest BCUT2D eigenvalue weighted by Gasteiger charge is -2.32. The minimum absolute atomic E-state index is 0.135. The lowest BCUT2D eigenvalue weighted by atomic mass is 9.71. The topological polar surface area (TPSA) is 37.3 Å². The molecule has 1 aliphatic carbocycles. The molecule has 2 nitrogen and oxygen atoms in total. The van der Waals surface area contributed by atoms with Gasteiger partial charge in [0.2, 0.25) is 0 Å². The van der Waals surface area contributed by atoms with Crippen LogP contribution in [0.5, 0.6) is 0 Å². The van der Waals surface area contributed by atoms with Crippen LogP contribution in [0, 0.1) is 10.8 Å². The van der Waals surface area contributed by atoms with E-state index in [1.54, 1.807) is 0 Å². The normalized spacial score (nSPS) is 33.5. The highest BCUT2D eigenvalue weighted by Gasteiger charge is 2.48. The lowest BCUT2D eigenvalue weighted by molar-refractivity contribution is -0.140. The van der Waals surface area contributed by atoms with Crippen LogP contribution in [0.3, 0.4) is 0 Å². The van der Waals surface area contributed by atoms with Crippen LogP contribution in [0.2, 0.25) is 0 Å². The summed E-state index contributed by atoms with van der Waals surface area (Å²) in [6, 6.07) is 0. The van der Waals surface area contributed by atoms with Gasteiger partial charge >= 0.3 is 0 Å². The highest BCUT2D eigenvalue weighted by molar-refractivity contribution is 5.90. The van der Waals surface area contributed by atoms with E-state index in [9.17, 15) is 9.90 Å². The van der Waals surface area contributed by atoms with Gasteiger partial charge in [0.15, 0.2) is 0 Å². The fraction of sp³-hybridized carbons (Fsp3) is 0.750. The zero-order valence-corrected chi connectivity index (χ0v) is 9.55. The molecule has 2 heteroatoms. The summed E-state index contributed by atoms with van der Waals surface area (Å²) in [5.74, 6) is 0.135. The van der Waals surface area contributed by atoms with Crippen LogP contribution < -0.4 is 0 Å². The van der Waals surface area contributed by atoms with Crippen molar-refractivity contribution in [1.82, 2.24) is 0 Å². The zero-order valence-electron chi connectivity index (χ0n) is 9.55. The molecule has 0 radical (unpaired) electrons. The molecule has 0 saturated heterocycles. The third-order valence-electron chi connectivity index (χ3n) is 3.03. The highest BCUT2D eigenvalue weighted by Crippen LogP contribution is 2.45. The molecule has 1 N–H and O–H groups in total. The molecule has 0 bridgehead atoms. The number of aliphatic hydroxyl groups excluding tert-OH is 1. The Morgan fingerprint density at radius 2 is 2.07 bits per heavy atom. The van der Waals surface area contributed by atoms with E-state index in [1.165, 1.54) is 0 Å². The van der Waals surface area contributed by atoms with Gasteiger partial charge in [0.1, 0.15) is 5.78 Å². The Balaban J connectivity index is 2.96. The van der Waals surface area contributed by atoms with Crippen LogP contribution in [-0.2, 0) is 4.79 Å². The average molecular weight is 196 g/mol. The monoisotopic (exact) mass is 196 g/mol. The van der Waals surface area contributed by atoms with Crippen molar-refractivity contribution in [3.05, 3.63) is 12.2 Å². The maximum atomic E-state index is 12.1. The summed E-state index contributed by atoms with van der Waals surface area (Å²) in [5, 5.41) is 9.87. The Labute approximate surface area is 86.0 Å². The van der Waals surface area contributed by atoms with Crippen LogP contribution in [0.4, 0.5) is 0 Å². The molecule has 1 rings (SSSR count). The molecule has 0 aromatic carbocycles. The van der Waals surface area contributed by atoms with E-state index in [0.717, 1.165) is 5.57 Å². The van der Waals surface area contributed by atoms with Gasteiger partial charge in [-0.3, -0.25) is 4.79 Å². The first-order valence-corrected chi connectivity index (χ1v) is 5.07. The number of Topliss-reactive ketones (excluding diaryl/α,β-unsaturated/α-hetero) is 1. The molecular formula is C12H20O2. The summed E-state index contributed by atoms with van der Waals surface area (Å²) in [6.45, 7) is 11.4. The first kappa shape index (κ1) is 11.4. The maximum Gasteiger partial charge on any atom is 0.146 e. The van der Waals surface area contributed by atoms with Gasteiger partial charge in [-0.15, -0.1) is 0 Å². The van der Waals surface area contributed by atoms with E-state index in [0.29, 0.717) is 12.8 Å². The second-order valence-electron chi connectivity index (χ2n) is 5.64. The Morgan fingerprint density at radius 1 is 1.57 bits per heavy atom. The second kappa shape index (κ2) is 3.20. The summed E-state index contributed by atoms with van der Waals surface area (Å²) in [6.07, 6.45) is 0.643. The molecule has 0 heterocycles. The highest BCUT2D eigenvalue weighted by atomic mass is 16.3. The van der Waals surface area contributed by atoms with E-state index in [-0.39, 0.29) is 11.2 Å². The molecule has 14 heavy (non-hydrogen) atoms. The fourth-order valence-corrected chi connectivity index (χ4v) is 2.30. The van der Waals surface area contributed by atoms with Crippen LogP contribution in [0.25, 0.3) is 0 Å². The molecule has 0 aromatic heterocycles. The Bertz CT molecular complexity index is 273. The summed E-state index contributed by atoms with van der Waals surface area (Å²) in [7, 11) is 0. The summed E-state index contributed by atoms with van der Waals surface area (Å²) in [4.78, 5) is 12.1. The molecule has 0 aromatic rings. The minimum atomic E-state index is -0.616. The summed E-state index contributed by atoms with van der Waals surface area (Å²) >= 11 is 0. The van der Waals surface area contributed by atoms with Crippen molar-refractivity contribution in [2.45, 2.75) is 46.6 Å². The number of carbonyl (C=O) groups excluding carboxylic acids is 1. The van der Waals surface area contributed by atoms with Gasteiger partial charge in [0.05, 0.1) is 11.5 Å². The minimum Gasteiger partial charge on any atom is -0.392 e. The van der Waals surface area contributed by atoms with Crippen molar-refractivity contribution >= 4 is 5.78 Å². The van der Waals surface area contributed by atoms with Gasteiger partial charge < -0.3 is 5.11 Å². The molecule has 0 amide bonds. The average Bonchev–Trinajstić information content (AvgIpc) is 2.24. The van der Waals surface area contributed by atoms with Crippen LogP contribution in [-0.4, -0.2) is 17.0 Å². The molecule has 80 valence electrons. The summed E-state index contributed by atoms with van der Waals surface area (Å²) < 4.78 is 0. The standard InChI is InChI=1S/C12H20O2/c1-8-6-9(13)12(5,7-8)10(14)11(2,3)4/h9,13H,1,6-7H2,2-5H3/t9-,12+/m0/s1. The lowest BCUT2D eigenvalue weighted by Crippen LogP contribution is -2.42. The maximum absolute atomic E-state index is 12.1. The first-order valence-electron chi connectivity index (χ1n) is 5.07. The van der Waals surface area contributed by atoms with Crippen molar-refractivity contribution in [1.29, 1.82) is 0 Å². The van der Waals surface area contributed by atoms with Gasteiger partial charge in [-0.2, -0.15) is 0 Å². The van der Waals surface area contributed by atoms with Crippen molar-refractivity contribution in [3.63, 3.8) is 0 Å². The van der Waals surface area contributed by atoms with Gasteiger partial charge in [0, 0.05) is 5.41 Å². The summed E-state index contributed by atoms with van der Waals surface area (Å²) in [5.41, 5.74) is -0.0204. The van der Waals surface area contributed by atoms with Gasteiger partial charge in [-0.1, -0.05) is 32.9 Å². The van der Waals surface area contributed by atoms with E-state index >= 15 is 0 Å². The van der Waals surface area contributed by atoms with Crippen LogP contribution >= 0.6 is 0 Å². The number of hydrogen-bond donors (Lipinski definition) is 1. The largest absolute Gasteiger partial charge is 0.392 e. The van der Waals surface area contributed by atoms with E-state index in [2.05, 4.69) is 6.58 Å². The van der Waals surface area contributed by atoms with Gasteiger partial charge in [-0.05, 0) is 19.8 Å². The second-order valence-corrected chi connectivity index (χ2v) is 5.64. The molecule has 1 aliphatic rings. The van der Waals surface area contributed by atoms with Crippen molar-refractivity contribution in [3.8, 4) is 0 Å². The van der Waals surface area contributed by atoms with Crippen LogP contribution in [0.15, 0.2) is 12.2 Å². The van der Waals surface area contributed by atoms with E-state index < -0.39 is 11.5 Å². The molecule has 0 spiro atoms. The predicted molar refractivity (Wildman–Crippen MR) is 56.9 cm³/mol. The van der Waals surface area contributed by atoms with Crippen molar-refractivity contribution < 1.29 is 9.90 Å². The van der Waals surface area contributed by atoms with Crippen molar-refractivity contribution in [2.75, 3.05) is 0 Å². The fourth-order valence-electron chi connectivity index (χ4n) is 2.30. The molecule has 2 atom stereocenters. The van der Waals surface area contributed by atoms with Gasteiger partial charge in [0.25, 0.3) is 0 Å². The predicted octanol–water partition coefficient (Wildman–Crippen LogP) is 2.32. The van der Waals surface area contributed by atoms with Crippen molar-refractivity contribution in [2.24, 2.45) is 10.8 Å². The number of rotatable bonds is 1. The molecular weight excluding hydrogens is 176 g/mol. The molecule has 0 unspecified atom stereocenters. The van der Waals surface area contributed by atoms with Gasteiger partial charge in [-0.25, -0.2) is 0 Å². The number of ketones is 1. The number of aliphatic hydroxyl groups is 1. The number of hydrogen-bond acceptors (Lipinski definition) is 2. The third-order valence-corrected chi connectivity index (χ3v) is 3.03. The number of carbonyl (C=O) groups is 1. The molecule has 0 aliphatic heterocycles. The Hall–Kier alpha value is -0.630. The molecule has 1 saturated carbocycles. The first-order chi connectivity index (χ1) is 6.18. The smallest absolute Gasteiger partial charge is 0.146 e. The molecule has 1 fully saturated rings. The van der Waals surface area contributed by atoms with E-state index in [4.69, 9.17) is 0 Å². The quantitative estimate of drug-likeness (QED) is 0.653. The Kier molecular flexibility index (Phi) is 2.61. The zero-order chi connectivity index (χ0) is 11.1. The Morgan fingerprint density at radius 3 is 2.36 bits per heavy atom.